The van der Waals surface area contributed by atoms with Gasteiger partial charge in [0, 0.05) is 11.1 Å². The predicted octanol–water partition coefficient (Wildman–Crippen LogP) is 2.84. The van der Waals surface area contributed by atoms with Crippen molar-refractivity contribution in [3.63, 3.8) is 0 Å². The summed E-state index contributed by atoms with van der Waals surface area (Å²) in [5.41, 5.74) is 4.37. The zero-order valence-electron chi connectivity index (χ0n) is 10.6. The monoisotopic (exact) mass is 252 g/mol. The molecule has 0 saturated carbocycles. The summed E-state index contributed by atoms with van der Waals surface area (Å²) in [7, 11) is 0. The second-order valence-corrected chi connectivity index (χ2v) is 4.65. The predicted molar refractivity (Wildman–Crippen MR) is 75.9 cm³/mol. The number of aliphatic hydroxyl groups is 1. The van der Waals surface area contributed by atoms with E-state index >= 15 is 0 Å². The van der Waals surface area contributed by atoms with E-state index in [1.54, 1.807) is 0 Å². The normalized spacial score (nSPS) is 11.0. The van der Waals surface area contributed by atoms with Crippen LogP contribution in [0.2, 0.25) is 0 Å². The first kappa shape index (κ1) is 11.9. The smallest absolute Gasteiger partial charge is 0.0923 e. The number of aromatic nitrogens is 2. The number of nitrogens with one attached hydrogen (secondary N) is 1. The number of aliphatic hydroxyl groups excluding tert-OH is 1. The number of H-pyrrole nitrogens is 1. The maximum absolute atomic E-state index is 9.33. The largest absolute Gasteiger partial charge is 0.392 e. The van der Waals surface area contributed by atoms with E-state index in [1.807, 2.05) is 36.4 Å². The van der Waals surface area contributed by atoms with Crippen molar-refractivity contribution in [2.24, 2.45) is 0 Å². The first-order valence-corrected chi connectivity index (χ1v) is 6.48. The molecule has 3 rings (SSSR count). The lowest BCUT2D eigenvalue weighted by Gasteiger charge is -2.06. The minimum atomic E-state index is 0.0971. The van der Waals surface area contributed by atoms with Gasteiger partial charge < -0.3 is 5.11 Å². The molecule has 1 aromatic heterocycles. The Bertz CT molecular complexity index is 688. The molecule has 3 aromatic rings. The van der Waals surface area contributed by atoms with Gasteiger partial charge in [-0.15, -0.1) is 0 Å². The van der Waals surface area contributed by atoms with Gasteiger partial charge in [0.05, 0.1) is 12.1 Å². The fraction of sp³-hybridized carbons (Fsp3) is 0.188. The first-order valence-electron chi connectivity index (χ1n) is 6.48. The van der Waals surface area contributed by atoms with Crippen molar-refractivity contribution in [1.82, 2.24) is 10.2 Å². The number of nitrogens with zero attached hydrogens (tertiary/aromatic N) is 1. The Morgan fingerprint density at radius 3 is 2.47 bits per heavy atom. The average Bonchev–Trinajstić information content (AvgIpc) is 2.89. The lowest BCUT2D eigenvalue weighted by molar-refractivity contribution is 0.280. The molecule has 3 heteroatoms. The third-order valence-corrected chi connectivity index (χ3v) is 3.47. The maximum Gasteiger partial charge on any atom is 0.0923 e. The minimum Gasteiger partial charge on any atom is -0.392 e. The fourth-order valence-electron chi connectivity index (χ4n) is 2.42. The highest BCUT2D eigenvalue weighted by Crippen LogP contribution is 2.18. The standard InChI is InChI=1S/C16H16N2O/c19-11-13-6-2-1-5-12(13)9-10-16-14-7-3-4-8-15(14)17-18-16/h1-8,19H,9-11H2,(H,17,18). The molecule has 3 nitrogen and oxygen atoms in total. The molecule has 2 N–H and O–H groups in total. The van der Waals surface area contributed by atoms with Gasteiger partial charge in [0.1, 0.15) is 0 Å². The Balaban J connectivity index is 1.82. The van der Waals surface area contributed by atoms with Gasteiger partial charge in [0.2, 0.25) is 0 Å². The zero-order valence-corrected chi connectivity index (χ0v) is 10.6. The third kappa shape index (κ3) is 2.37. The summed E-state index contributed by atoms with van der Waals surface area (Å²) in [6.07, 6.45) is 1.81. The molecule has 0 bridgehead atoms. The molecular formula is C16H16N2O. The van der Waals surface area contributed by atoms with E-state index in [0.717, 1.165) is 29.6 Å². The van der Waals surface area contributed by atoms with E-state index in [9.17, 15) is 5.11 Å². The van der Waals surface area contributed by atoms with Gasteiger partial charge in [0.25, 0.3) is 0 Å². The van der Waals surface area contributed by atoms with Crippen LogP contribution in [0.4, 0.5) is 0 Å². The Labute approximate surface area is 111 Å². The van der Waals surface area contributed by atoms with Gasteiger partial charge in [-0.1, -0.05) is 42.5 Å². The molecule has 0 radical (unpaired) electrons. The van der Waals surface area contributed by atoms with Crippen molar-refractivity contribution in [1.29, 1.82) is 0 Å². The highest BCUT2D eigenvalue weighted by atomic mass is 16.3. The molecule has 0 spiro atoms. The number of benzene rings is 2. The summed E-state index contributed by atoms with van der Waals surface area (Å²) >= 11 is 0. The van der Waals surface area contributed by atoms with Crippen LogP contribution in [0, 0.1) is 0 Å². The molecule has 96 valence electrons. The minimum absolute atomic E-state index is 0.0971. The van der Waals surface area contributed by atoms with Gasteiger partial charge in [-0.2, -0.15) is 5.10 Å². The van der Waals surface area contributed by atoms with Gasteiger partial charge >= 0.3 is 0 Å². The van der Waals surface area contributed by atoms with E-state index in [-0.39, 0.29) is 6.61 Å². The fourth-order valence-corrected chi connectivity index (χ4v) is 2.42. The van der Waals surface area contributed by atoms with Crippen LogP contribution in [0.25, 0.3) is 10.9 Å². The van der Waals surface area contributed by atoms with Crippen LogP contribution in [-0.2, 0) is 19.4 Å². The molecule has 19 heavy (non-hydrogen) atoms. The van der Waals surface area contributed by atoms with Crippen molar-refractivity contribution in [3.05, 3.63) is 65.4 Å². The lowest BCUT2D eigenvalue weighted by Crippen LogP contribution is -1.97. The van der Waals surface area contributed by atoms with Crippen LogP contribution >= 0.6 is 0 Å². The Morgan fingerprint density at radius 2 is 1.63 bits per heavy atom. The molecule has 0 aliphatic rings. The number of rotatable bonds is 4. The Morgan fingerprint density at radius 1 is 0.895 bits per heavy atom. The number of hydrogen-bond donors (Lipinski definition) is 2. The van der Waals surface area contributed by atoms with Crippen molar-refractivity contribution in [3.8, 4) is 0 Å². The summed E-state index contributed by atoms with van der Waals surface area (Å²) in [6, 6.07) is 16.1. The molecule has 2 aromatic carbocycles. The molecular weight excluding hydrogens is 236 g/mol. The molecule has 0 unspecified atom stereocenters. The average molecular weight is 252 g/mol. The van der Waals surface area contributed by atoms with Crippen molar-refractivity contribution in [2.45, 2.75) is 19.4 Å². The van der Waals surface area contributed by atoms with E-state index in [2.05, 4.69) is 22.3 Å². The summed E-state index contributed by atoms with van der Waals surface area (Å²) in [6.45, 7) is 0.0971. The van der Waals surface area contributed by atoms with Crippen LogP contribution in [0.5, 0.6) is 0 Å². The number of aryl methyl sites for hydroxylation is 2. The van der Waals surface area contributed by atoms with E-state index in [1.165, 1.54) is 10.9 Å². The molecule has 0 aliphatic carbocycles. The highest BCUT2D eigenvalue weighted by molar-refractivity contribution is 5.81. The van der Waals surface area contributed by atoms with Crippen LogP contribution in [0.1, 0.15) is 16.8 Å². The first-order chi connectivity index (χ1) is 9.38. The maximum atomic E-state index is 9.33. The number of para-hydroxylation sites is 1. The topological polar surface area (TPSA) is 48.9 Å². The Hall–Kier alpha value is -2.13. The van der Waals surface area contributed by atoms with Gasteiger partial charge in [-0.25, -0.2) is 0 Å². The molecule has 0 fully saturated rings. The molecule has 1 heterocycles. The zero-order chi connectivity index (χ0) is 13.1. The van der Waals surface area contributed by atoms with Gasteiger partial charge in [0.15, 0.2) is 0 Å². The molecule has 0 atom stereocenters. The van der Waals surface area contributed by atoms with Crippen molar-refractivity contribution in [2.75, 3.05) is 0 Å². The van der Waals surface area contributed by atoms with Gasteiger partial charge in [-0.3, -0.25) is 5.10 Å². The SMILES string of the molecule is OCc1ccccc1CCc1[nH]nc2ccccc12. The Kier molecular flexibility index (Phi) is 3.29. The van der Waals surface area contributed by atoms with E-state index in [0.29, 0.717) is 0 Å². The summed E-state index contributed by atoms with van der Waals surface area (Å²) < 4.78 is 0. The van der Waals surface area contributed by atoms with Crippen LogP contribution in [-0.4, -0.2) is 15.3 Å². The molecule has 0 saturated heterocycles. The number of fused-ring (bicyclic) bond motifs is 1. The quantitative estimate of drug-likeness (QED) is 0.750. The van der Waals surface area contributed by atoms with Gasteiger partial charge in [-0.05, 0) is 30.0 Å². The molecule has 0 amide bonds. The highest BCUT2D eigenvalue weighted by Gasteiger charge is 2.06. The van der Waals surface area contributed by atoms with Crippen LogP contribution in [0.3, 0.4) is 0 Å². The molecule has 0 aliphatic heterocycles. The van der Waals surface area contributed by atoms with Crippen LogP contribution in [0.15, 0.2) is 48.5 Å². The van der Waals surface area contributed by atoms with Crippen LogP contribution < -0.4 is 0 Å². The lowest BCUT2D eigenvalue weighted by atomic mass is 10.0. The second-order valence-electron chi connectivity index (χ2n) is 4.65. The number of hydrogen-bond acceptors (Lipinski definition) is 2. The van der Waals surface area contributed by atoms with Crippen molar-refractivity contribution < 1.29 is 5.11 Å². The summed E-state index contributed by atoms with van der Waals surface area (Å²) in [5, 5.41) is 17.9. The summed E-state index contributed by atoms with van der Waals surface area (Å²) in [5.74, 6) is 0. The van der Waals surface area contributed by atoms with E-state index < -0.39 is 0 Å². The number of aromatic amines is 1. The summed E-state index contributed by atoms with van der Waals surface area (Å²) in [4.78, 5) is 0. The third-order valence-electron chi connectivity index (χ3n) is 3.47. The van der Waals surface area contributed by atoms with E-state index in [4.69, 9.17) is 0 Å². The second kappa shape index (κ2) is 5.24. The van der Waals surface area contributed by atoms with Crippen molar-refractivity contribution >= 4 is 10.9 Å².